The molecular weight excluding hydrogens is 779 g/mol. The fourth-order valence-electron chi connectivity index (χ4n) is 6.47. The first-order chi connectivity index (χ1) is 24.1. The summed E-state index contributed by atoms with van der Waals surface area (Å²) in [4.78, 5) is 0. The SMILES string of the molecule is CC(C)c1cc2c(-c3ccc(C(C)(C)C)cc3)cccc2[cH-]1.C[Si](=[Zr+2])c1ccccc1.Cc1cc2c(-c3ccc(C(C)(C)C)cc3)cccc2[cH-]1.[Cl-].[Cl-]. The van der Waals surface area contributed by atoms with Crippen LogP contribution in [0.2, 0.25) is 6.55 Å². The van der Waals surface area contributed by atoms with Crippen molar-refractivity contribution < 1.29 is 48.1 Å². The molecular formula is C49H54Cl2SiZr-2. The predicted molar refractivity (Wildman–Crippen MR) is 224 cm³/mol. The van der Waals surface area contributed by atoms with E-state index in [-0.39, 0.29) is 41.1 Å². The van der Waals surface area contributed by atoms with E-state index in [0.29, 0.717) is 5.92 Å². The molecule has 0 unspecified atom stereocenters. The summed E-state index contributed by atoms with van der Waals surface area (Å²) in [5.41, 5.74) is 11.1. The zero-order chi connectivity index (χ0) is 36.9. The summed E-state index contributed by atoms with van der Waals surface area (Å²) in [6.45, 7) is 22.6. The van der Waals surface area contributed by atoms with Crippen molar-refractivity contribution in [2.75, 3.05) is 0 Å². The molecule has 0 aromatic heterocycles. The van der Waals surface area contributed by atoms with Gasteiger partial charge in [0.1, 0.15) is 0 Å². The molecule has 0 aliphatic carbocycles. The van der Waals surface area contributed by atoms with Crippen LogP contribution >= 0.6 is 0 Å². The Balaban J connectivity index is 0.000000226. The van der Waals surface area contributed by atoms with Gasteiger partial charge in [-0.2, -0.15) is 12.1 Å². The number of hydrogen-bond acceptors (Lipinski definition) is 0. The Hall–Kier alpha value is -3.00. The summed E-state index contributed by atoms with van der Waals surface area (Å²) in [7, 11) is 0. The number of benzene rings is 5. The minimum atomic E-state index is -0.122. The quantitative estimate of drug-likeness (QED) is 0.127. The molecule has 0 aliphatic heterocycles. The van der Waals surface area contributed by atoms with Crippen molar-refractivity contribution in [3.8, 4) is 22.3 Å². The molecule has 7 rings (SSSR count). The van der Waals surface area contributed by atoms with Crippen LogP contribution < -0.4 is 30.0 Å². The molecule has 7 aromatic rings. The smallest absolute Gasteiger partial charge is 0.0132 e. The van der Waals surface area contributed by atoms with Gasteiger partial charge in [-0.05, 0) is 39.0 Å². The monoisotopic (exact) mass is 830 g/mol. The Bertz CT molecular complexity index is 2210. The summed E-state index contributed by atoms with van der Waals surface area (Å²) in [5, 5.41) is 6.96. The predicted octanol–water partition coefficient (Wildman–Crippen LogP) is 7.55. The molecule has 0 N–H and O–H groups in total. The maximum absolute atomic E-state index is 2.35. The van der Waals surface area contributed by atoms with Crippen molar-refractivity contribution >= 4 is 32.2 Å². The van der Waals surface area contributed by atoms with Crippen LogP contribution in [-0.2, 0) is 34.2 Å². The van der Waals surface area contributed by atoms with Gasteiger partial charge in [-0.15, -0.1) is 69.1 Å². The maximum atomic E-state index is 2.35. The Morgan fingerprint density at radius 2 is 0.981 bits per heavy atom. The topological polar surface area (TPSA) is 0 Å². The van der Waals surface area contributed by atoms with E-state index in [0.717, 1.165) is 0 Å². The minimum absolute atomic E-state index is 0. The van der Waals surface area contributed by atoms with E-state index < -0.39 is 0 Å². The molecule has 0 saturated carbocycles. The van der Waals surface area contributed by atoms with Crippen LogP contribution in [0.5, 0.6) is 0 Å². The van der Waals surface area contributed by atoms with Gasteiger partial charge in [-0.25, -0.2) is 0 Å². The summed E-state index contributed by atoms with van der Waals surface area (Å²) in [6.07, 6.45) is 0. The molecule has 0 nitrogen and oxygen atoms in total. The summed E-state index contributed by atoms with van der Waals surface area (Å²) >= 11 is 1.69. The Kier molecular flexibility index (Phi) is 16.0. The van der Waals surface area contributed by atoms with Crippen molar-refractivity contribution in [1.82, 2.24) is 0 Å². The molecule has 0 heterocycles. The van der Waals surface area contributed by atoms with Gasteiger partial charge in [0.2, 0.25) is 0 Å². The van der Waals surface area contributed by atoms with Crippen LogP contribution in [0.4, 0.5) is 0 Å². The number of hydrogen-bond donors (Lipinski definition) is 0. The Labute approximate surface area is 347 Å². The van der Waals surface area contributed by atoms with Crippen molar-refractivity contribution in [3.05, 3.63) is 162 Å². The molecule has 7 aromatic carbocycles. The van der Waals surface area contributed by atoms with E-state index >= 15 is 0 Å². The number of rotatable bonds is 4. The number of halogens is 2. The molecule has 274 valence electrons. The van der Waals surface area contributed by atoms with Crippen LogP contribution in [-0.4, -0.2) is 5.43 Å². The second kappa shape index (κ2) is 19.0. The molecule has 0 fully saturated rings. The van der Waals surface area contributed by atoms with E-state index in [2.05, 4.69) is 208 Å². The molecule has 0 saturated heterocycles. The van der Waals surface area contributed by atoms with Gasteiger partial charge in [0, 0.05) is 0 Å². The summed E-state index contributed by atoms with van der Waals surface area (Å²) < 4.78 is 0. The van der Waals surface area contributed by atoms with Crippen molar-refractivity contribution in [1.29, 1.82) is 0 Å². The molecule has 0 bridgehead atoms. The number of fused-ring (bicyclic) bond motifs is 2. The summed E-state index contributed by atoms with van der Waals surface area (Å²) in [6, 6.07) is 51.2. The van der Waals surface area contributed by atoms with Gasteiger partial charge in [-0.3, -0.25) is 0 Å². The van der Waals surface area contributed by atoms with Gasteiger partial charge >= 0.3 is 70.8 Å². The normalized spacial score (nSPS) is 11.2. The van der Waals surface area contributed by atoms with Gasteiger partial charge < -0.3 is 24.8 Å². The van der Waals surface area contributed by atoms with Crippen molar-refractivity contribution in [2.45, 2.75) is 85.6 Å². The van der Waals surface area contributed by atoms with E-state index in [1.165, 1.54) is 66.1 Å². The number of aryl methyl sites for hydroxylation is 1. The minimum Gasteiger partial charge on any atom is -1.00 e. The largest absolute Gasteiger partial charge is 1.00 e. The van der Waals surface area contributed by atoms with Gasteiger partial charge in [0.25, 0.3) is 0 Å². The van der Waals surface area contributed by atoms with E-state index in [1.807, 2.05) is 0 Å². The Morgan fingerprint density at radius 3 is 1.38 bits per heavy atom. The standard InChI is InChI=1S/C22H25.C20H21.C7H8Si.2ClH.Zr/c1-15(2)18-13-17-7-6-8-20(21(17)14-18)16-9-11-19(12-10-16)22(3,4)5;1-14-12-16-6-5-7-18(19(16)13-14)15-8-10-17(11-9-15)20(2,3)4;1-8-7-5-3-2-4-6-7;;;/h6-15H,1-5H3;5-13H,1-4H3;2-6H,1H3;2*1H;/q2*-1;;;;+2/p-2. The van der Waals surface area contributed by atoms with Crippen LogP contribution in [0.1, 0.15) is 83.6 Å². The molecule has 4 heteroatoms. The zero-order valence-electron chi connectivity index (χ0n) is 33.1. The van der Waals surface area contributed by atoms with Crippen molar-refractivity contribution in [2.24, 2.45) is 0 Å². The zero-order valence-corrected chi connectivity index (χ0v) is 38.1. The van der Waals surface area contributed by atoms with E-state index in [4.69, 9.17) is 0 Å². The average molecular weight is 833 g/mol. The first kappa shape index (κ1) is 44.4. The third kappa shape index (κ3) is 11.5. The molecule has 0 amide bonds. The summed E-state index contributed by atoms with van der Waals surface area (Å²) in [5.74, 6) is 0.573. The first-order valence-electron chi connectivity index (χ1n) is 18.3. The molecule has 0 atom stereocenters. The molecule has 0 radical (unpaired) electrons. The molecule has 0 aliphatic rings. The van der Waals surface area contributed by atoms with E-state index in [1.54, 1.807) is 28.5 Å². The van der Waals surface area contributed by atoms with Gasteiger partial charge in [0.15, 0.2) is 0 Å². The average Bonchev–Trinajstić information content (AvgIpc) is 3.72. The van der Waals surface area contributed by atoms with Crippen LogP contribution in [0.3, 0.4) is 0 Å². The van der Waals surface area contributed by atoms with Gasteiger partial charge in [0.05, 0.1) is 0 Å². The second-order valence-electron chi connectivity index (χ2n) is 16.2. The van der Waals surface area contributed by atoms with Crippen LogP contribution in [0.15, 0.2) is 140 Å². The second-order valence-corrected chi connectivity index (χ2v) is 23.6. The fraction of sp³-hybridized carbons (Fsp3) is 0.265. The third-order valence-corrected chi connectivity index (χ3v) is 13.0. The van der Waals surface area contributed by atoms with Crippen LogP contribution in [0, 0.1) is 6.92 Å². The van der Waals surface area contributed by atoms with Crippen LogP contribution in [0.25, 0.3) is 43.8 Å². The van der Waals surface area contributed by atoms with Gasteiger partial charge in [-0.1, -0.05) is 134 Å². The Morgan fingerprint density at radius 1 is 0.547 bits per heavy atom. The molecule has 0 spiro atoms. The fourth-order valence-corrected chi connectivity index (χ4v) is 8.39. The first-order valence-corrected chi connectivity index (χ1v) is 24.0. The van der Waals surface area contributed by atoms with E-state index in [9.17, 15) is 0 Å². The molecule has 53 heavy (non-hydrogen) atoms. The van der Waals surface area contributed by atoms with Crippen molar-refractivity contribution in [3.63, 3.8) is 0 Å². The maximum Gasteiger partial charge on any atom is -0.0132 e. The third-order valence-electron chi connectivity index (χ3n) is 9.67.